The normalized spacial score (nSPS) is 11.2. The first-order valence-electron chi connectivity index (χ1n) is 16.4. The average molecular weight is 595 g/mol. The number of aldehydes is 2. The summed E-state index contributed by atoms with van der Waals surface area (Å²) in [6, 6.07) is 17.8. The van der Waals surface area contributed by atoms with E-state index >= 15 is 0 Å². The molecule has 2 aromatic heterocycles. The molecule has 0 aliphatic carbocycles. The van der Waals surface area contributed by atoms with Gasteiger partial charge in [-0.2, -0.15) is 0 Å². The molecule has 232 valence electrons. The number of rotatable bonds is 18. The van der Waals surface area contributed by atoms with E-state index in [1.165, 1.54) is 38.5 Å². The lowest BCUT2D eigenvalue weighted by atomic mass is 10.0. The summed E-state index contributed by atoms with van der Waals surface area (Å²) in [6.45, 7) is 5.52. The van der Waals surface area contributed by atoms with Crippen LogP contribution in [0.5, 0.6) is 0 Å². The number of hydrogen-bond donors (Lipinski definition) is 0. The first-order chi connectivity index (χ1) is 21.5. The summed E-state index contributed by atoms with van der Waals surface area (Å²) in [7, 11) is 0. The molecule has 0 unspecified atom stereocenters. The van der Waals surface area contributed by atoms with Crippen LogP contribution in [0.3, 0.4) is 0 Å². The van der Waals surface area contributed by atoms with Gasteiger partial charge in [-0.25, -0.2) is 0 Å². The van der Waals surface area contributed by atoms with E-state index in [1.54, 1.807) is 48.5 Å². The molecule has 0 radical (unpaired) electrons. The van der Waals surface area contributed by atoms with E-state index in [1.807, 2.05) is 21.3 Å². The maximum atomic E-state index is 14.2. The number of aromatic nitrogens is 2. The average Bonchev–Trinajstić information content (AvgIpc) is 3.05. The van der Waals surface area contributed by atoms with Crippen LogP contribution in [0, 0.1) is 0 Å². The smallest absolute Gasteiger partial charge is 0.259 e. The van der Waals surface area contributed by atoms with Gasteiger partial charge in [-0.15, -0.1) is 0 Å². The molecule has 0 spiro atoms. The van der Waals surface area contributed by atoms with Gasteiger partial charge in [0, 0.05) is 35.3 Å². The van der Waals surface area contributed by atoms with Gasteiger partial charge >= 0.3 is 0 Å². The summed E-state index contributed by atoms with van der Waals surface area (Å²) in [6.07, 6.45) is 14.8. The number of fused-ring (bicyclic) bond motifs is 1. The topological polar surface area (TPSA) is 78.1 Å². The Balaban J connectivity index is 1.87. The van der Waals surface area contributed by atoms with Gasteiger partial charge in [0.25, 0.3) is 11.1 Å². The van der Waals surface area contributed by atoms with Crippen LogP contribution in [0.2, 0.25) is 0 Å². The van der Waals surface area contributed by atoms with E-state index in [4.69, 9.17) is 0 Å². The molecule has 0 amide bonds. The van der Waals surface area contributed by atoms with Gasteiger partial charge in [-0.3, -0.25) is 19.2 Å². The predicted octanol–water partition coefficient (Wildman–Crippen LogP) is 8.84. The fourth-order valence-electron chi connectivity index (χ4n) is 5.93. The number of unbranched alkanes of at least 4 members (excludes halogenated alkanes) is 10. The Labute approximate surface area is 260 Å². The van der Waals surface area contributed by atoms with Gasteiger partial charge in [0.1, 0.15) is 12.6 Å². The van der Waals surface area contributed by atoms with Crippen molar-refractivity contribution in [2.45, 2.75) is 104 Å². The van der Waals surface area contributed by atoms with Crippen molar-refractivity contribution in [3.8, 4) is 22.3 Å². The zero-order valence-corrected chi connectivity index (χ0v) is 26.4. The second-order valence-corrected chi connectivity index (χ2v) is 11.8. The molecule has 2 heterocycles. The number of carbonyl (C=O) groups excluding carboxylic acids is 2. The van der Waals surface area contributed by atoms with Crippen molar-refractivity contribution in [2.75, 3.05) is 0 Å². The van der Waals surface area contributed by atoms with Crippen LogP contribution < -0.4 is 11.1 Å². The third-order valence-electron chi connectivity index (χ3n) is 8.54. The number of benzene rings is 2. The molecular formula is C38H46N2O4. The maximum Gasteiger partial charge on any atom is 0.259 e. The summed E-state index contributed by atoms with van der Waals surface area (Å²) in [4.78, 5) is 50.9. The van der Waals surface area contributed by atoms with Crippen molar-refractivity contribution < 1.29 is 9.59 Å². The van der Waals surface area contributed by atoms with E-state index in [9.17, 15) is 19.2 Å². The van der Waals surface area contributed by atoms with E-state index in [2.05, 4.69) is 13.8 Å². The van der Waals surface area contributed by atoms with Crippen molar-refractivity contribution in [2.24, 2.45) is 0 Å². The molecule has 0 bridgehead atoms. The molecule has 0 aliphatic rings. The quantitative estimate of drug-likeness (QED) is 0.0852. The minimum absolute atomic E-state index is 0.100. The SMILES string of the molecule is CCCCCCCCn1c(=O)c(-c2ccc(C=O)cc2)cc2c1cc(-c1ccc(C=O)cc1)c(=O)n2CCCCCCCC. The number of pyridine rings is 2. The van der Waals surface area contributed by atoms with Gasteiger partial charge in [0.2, 0.25) is 0 Å². The second kappa shape index (κ2) is 16.7. The van der Waals surface area contributed by atoms with Gasteiger partial charge in [-0.05, 0) is 36.1 Å². The molecule has 0 saturated heterocycles. The lowest BCUT2D eigenvalue weighted by Crippen LogP contribution is -2.28. The Kier molecular flexibility index (Phi) is 12.5. The van der Waals surface area contributed by atoms with E-state index < -0.39 is 0 Å². The van der Waals surface area contributed by atoms with Crippen LogP contribution in [-0.4, -0.2) is 21.7 Å². The van der Waals surface area contributed by atoms with E-state index in [0.29, 0.717) is 35.3 Å². The molecule has 0 fully saturated rings. The Morgan fingerprint density at radius 1 is 0.500 bits per heavy atom. The molecule has 0 N–H and O–H groups in total. The van der Waals surface area contributed by atoms with E-state index in [-0.39, 0.29) is 11.1 Å². The first-order valence-corrected chi connectivity index (χ1v) is 16.4. The Hall–Kier alpha value is -4.06. The zero-order valence-electron chi connectivity index (χ0n) is 26.4. The van der Waals surface area contributed by atoms with Gasteiger partial charge in [0.05, 0.1) is 11.0 Å². The maximum absolute atomic E-state index is 14.2. The summed E-state index contributed by atoms with van der Waals surface area (Å²) in [5.74, 6) is 0. The Bertz CT molecular complexity index is 1520. The van der Waals surface area contributed by atoms with Crippen LogP contribution in [-0.2, 0) is 13.1 Å². The summed E-state index contributed by atoms with van der Waals surface area (Å²) in [5, 5.41) is 0. The molecule has 4 rings (SSSR count). The van der Waals surface area contributed by atoms with Crippen molar-refractivity contribution >= 4 is 23.6 Å². The van der Waals surface area contributed by atoms with Crippen LogP contribution >= 0.6 is 0 Å². The first kappa shape index (κ1) is 32.8. The molecule has 6 heteroatoms. The van der Waals surface area contributed by atoms with Gasteiger partial charge < -0.3 is 9.13 Å². The molecule has 6 nitrogen and oxygen atoms in total. The number of nitrogens with zero attached hydrogens (tertiary/aromatic N) is 2. The number of carbonyl (C=O) groups is 2. The number of hydrogen-bond acceptors (Lipinski definition) is 4. The molecule has 4 aromatic rings. The minimum atomic E-state index is -0.100. The molecule has 0 atom stereocenters. The minimum Gasteiger partial charge on any atom is -0.306 e. The zero-order chi connectivity index (χ0) is 31.3. The predicted molar refractivity (Wildman–Crippen MR) is 181 cm³/mol. The van der Waals surface area contributed by atoms with Gasteiger partial charge in [-0.1, -0.05) is 127 Å². The Morgan fingerprint density at radius 2 is 0.841 bits per heavy atom. The van der Waals surface area contributed by atoms with E-state index in [0.717, 1.165) is 73.3 Å². The fraction of sp³-hybridized carbons (Fsp3) is 0.421. The van der Waals surface area contributed by atoms with Crippen molar-refractivity contribution in [3.05, 3.63) is 92.5 Å². The van der Waals surface area contributed by atoms with Crippen LogP contribution in [0.1, 0.15) is 112 Å². The molecule has 44 heavy (non-hydrogen) atoms. The van der Waals surface area contributed by atoms with Crippen LogP contribution in [0.15, 0.2) is 70.3 Å². The lowest BCUT2D eigenvalue weighted by Gasteiger charge is -2.19. The largest absolute Gasteiger partial charge is 0.306 e. The molecule has 0 saturated carbocycles. The highest BCUT2D eigenvalue weighted by molar-refractivity contribution is 5.86. The lowest BCUT2D eigenvalue weighted by molar-refractivity contribution is 0.111. The van der Waals surface area contributed by atoms with Crippen LogP contribution in [0.25, 0.3) is 33.3 Å². The molecule has 0 aliphatic heterocycles. The second-order valence-electron chi connectivity index (χ2n) is 11.8. The van der Waals surface area contributed by atoms with Crippen molar-refractivity contribution in [3.63, 3.8) is 0 Å². The fourth-order valence-corrected chi connectivity index (χ4v) is 5.93. The number of aryl methyl sites for hydroxylation is 2. The third kappa shape index (κ3) is 8.10. The summed E-state index contributed by atoms with van der Waals surface area (Å²) < 4.78 is 3.69. The molecular weight excluding hydrogens is 548 g/mol. The monoisotopic (exact) mass is 594 g/mol. The highest BCUT2D eigenvalue weighted by Crippen LogP contribution is 2.26. The Morgan fingerprint density at radius 3 is 1.18 bits per heavy atom. The summed E-state index contributed by atoms with van der Waals surface area (Å²) >= 11 is 0. The van der Waals surface area contributed by atoms with Gasteiger partial charge in [0.15, 0.2) is 0 Å². The standard InChI is InChI=1S/C38H46N2O4/c1-3-5-7-9-11-13-23-39-35-25-34(32-21-17-30(28-42)18-22-32)38(44)40(24-14-12-10-8-6-4-2)36(35)26-33(37(39)43)31-19-15-29(27-41)16-20-31/h15-22,25-28H,3-14,23-24H2,1-2H3. The van der Waals surface area contributed by atoms with Crippen molar-refractivity contribution in [1.29, 1.82) is 0 Å². The highest BCUT2D eigenvalue weighted by atomic mass is 16.1. The van der Waals surface area contributed by atoms with Crippen LogP contribution in [0.4, 0.5) is 0 Å². The van der Waals surface area contributed by atoms with Crippen molar-refractivity contribution in [1.82, 2.24) is 9.13 Å². The summed E-state index contributed by atoms with van der Waals surface area (Å²) in [5.41, 5.74) is 4.90. The highest BCUT2D eigenvalue weighted by Gasteiger charge is 2.18. The third-order valence-corrected chi connectivity index (χ3v) is 8.54. The molecule has 2 aromatic carbocycles.